The van der Waals surface area contributed by atoms with Crippen molar-refractivity contribution < 1.29 is 26.3 Å². The third-order valence-corrected chi connectivity index (χ3v) is 6.67. The molecule has 0 radical (unpaired) electrons. The molecule has 4 rings (SSSR count). The minimum atomic E-state index is -4.65. The molecule has 1 aliphatic rings. The van der Waals surface area contributed by atoms with Crippen molar-refractivity contribution in [2.45, 2.75) is 28.5 Å². The molecule has 3 aromatic rings. The van der Waals surface area contributed by atoms with Gasteiger partial charge in [0.15, 0.2) is 0 Å². The summed E-state index contributed by atoms with van der Waals surface area (Å²) in [4.78, 5) is 5.52. The number of fused-ring (bicyclic) bond motifs is 1. The molecule has 0 amide bonds. The molecule has 0 aliphatic carbocycles. The minimum Gasteiger partial charge on any atom is -0.474 e. The third kappa shape index (κ3) is 3.39. The Bertz CT molecular complexity index is 1170. The zero-order valence-corrected chi connectivity index (χ0v) is 16.6. The zero-order chi connectivity index (χ0) is 21.6. The quantitative estimate of drug-likeness (QED) is 0.595. The molecular weight excluding hydrogens is 417 g/mol. The molecular formula is C21H17F3N2O3S. The second-order valence-electron chi connectivity index (χ2n) is 7.05. The van der Waals surface area contributed by atoms with Gasteiger partial charge in [-0.15, -0.1) is 0 Å². The molecule has 0 saturated heterocycles. The van der Waals surface area contributed by atoms with E-state index in [0.717, 1.165) is 6.92 Å². The van der Waals surface area contributed by atoms with Gasteiger partial charge >= 0.3 is 6.18 Å². The Kier molecular flexibility index (Phi) is 4.73. The number of sulfone groups is 1. The summed E-state index contributed by atoms with van der Waals surface area (Å²) in [6, 6.07) is 16.5. The molecule has 0 bridgehead atoms. The Morgan fingerprint density at radius 3 is 2.33 bits per heavy atom. The second kappa shape index (κ2) is 7.02. The number of ether oxygens (including phenoxy) is 1. The van der Waals surface area contributed by atoms with Crippen LogP contribution in [0.4, 0.5) is 24.7 Å². The van der Waals surface area contributed by atoms with E-state index in [1.165, 1.54) is 41.4 Å². The molecule has 0 N–H and O–H groups in total. The minimum absolute atomic E-state index is 0.0485. The fourth-order valence-corrected chi connectivity index (χ4v) is 4.53. The van der Waals surface area contributed by atoms with Crippen LogP contribution in [0, 0.1) is 0 Å². The van der Waals surface area contributed by atoms with E-state index in [2.05, 4.69) is 4.98 Å². The van der Waals surface area contributed by atoms with E-state index in [-0.39, 0.29) is 27.0 Å². The average Bonchev–Trinajstić information content (AvgIpc) is 2.73. The van der Waals surface area contributed by atoms with Crippen molar-refractivity contribution in [2.24, 2.45) is 0 Å². The molecule has 0 fully saturated rings. The number of pyridine rings is 1. The Hall–Kier alpha value is -3.07. The molecule has 0 spiro atoms. The predicted octanol–water partition coefficient (Wildman–Crippen LogP) is 4.77. The number of hydrogen-bond acceptors (Lipinski definition) is 5. The molecule has 1 aromatic heterocycles. The summed E-state index contributed by atoms with van der Waals surface area (Å²) >= 11 is 0. The van der Waals surface area contributed by atoms with Gasteiger partial charge in [-0.1, -0.05) is 24.3 Å². The van der Waals surface area contributed by atoms with Crippen LogP contribution >= 0.6 is 0 Å². The van der Waals surface area contributed by atoms with Gasteiger partial charge in [-0.05, 0) is 49.4 Å². The van der Waals surface area contributed by atoms with Crippen LogP contribution in [-0.2, 0) is 9.84 Å². The number of rotatable bonds is 3. The Labute approximate surface area is 171 Å². The van der Waals surface area contributed by atoms with Crippen LogP contribution in [0.5, 0.6) is 5.75 Å². The highest BCUT2D eigenvalue weighted by Gasteiger charge is 2.57. The molecule has 2 aromatic carbocycles. The van der Waals surface area contributed by atoms with Crippen molar-refractivity contribution in [3.8, 4) is 5.75 Å². The lowest BCUT2D eigenvalue weighted by Crippen LogP contribution is -2.57. The molecule has 0 saturated carbocycles. The largest absolute Gasteiger partial charge is 0.474 e. The van der Waals surface area contributed by atoms with Gasteiger partial charge in [0.05, 0.1) is 22.0 Å². The van der Waals surface area contributed by atoms with Crippen LogP contribution in [0.1, 0.15) is 6.92 Å². The van der Waals surface area contributed by atoms with Crippen LogP contribution < -0.4 is 9.64 Å². The second-order valence-corrected chi connectivity index (χ2v) is 9.00. The number of nitrogens with zero attached hydrogens (tertiary/aromatic N) is 2. The first-order chi connectivity index (χ1) is 14.1. The summed E-state index contributed by atoms with van der Waals surface area (Å²) in [5.41, 5.74) is -2.29. The number of anilines is 2. The Morgan fingerprint density at radius 1 is 1.00 bits per heavy atom. The molecule has 30 heavy (non-hydrogen) atoms. The summed E-state index contributed by atoms with van der Waals surface area (Å²) in [6.45, 7) is 0.385. The number of hydrogen-bond donors (Lipinski definition) is 0. The maximum Gasteiger partial charge on any atom is 0.429 e. The maximum absolute atomic E-state index is 13.7. The number of benzene rings is 2. The van der Waals surface area contributed by atoms with Crippen molar-refractivity contribution in [3.63, 3.8) is 0 Å². The van der Waals surface area contributed by atoms with Gasteiger partial charge in [-0.2, -0.15) is 13.2 Å². The van der Waals surface area contributed by atoms with E-state index in [0.29, 0.717) is 0 Å². The molecule has 156 valence electrons. The predicted molar refractivity (Wildman–Crippen MR) is 105 cm³/mol. The SMILES string of the molecule is C[C@]1(C(F)(F)F)CN(c2ccccn2)c2cc(S(=O)(=O)c3ccccc3)ccc2O1. The van der Waals surface area contributed by atoms with Crippen molar-refractivity contribution in [1.82, 2.24) is 4.98 Å². The number of aromatic nitrogens is 1. The van der Waals surface area contributed by atoms with E-state index < -0.39 is 28.2 Å². The Morgan fingerprint density at radius 2 is 1.70 bits per heavy atom. The van der Waals surface area contributed by atoms with Crippen LogP contribution in [0.25, 0.3) is 0 Å². The summed E-state index contributed by atoms with van der Waals surface area (Å²) in [5, 5.41) is 0. The topological polar surface area (TPSA) is 59.5 Å². The van der Waals surface area contributed by atoms with Gasteiger partial charge in [-0.3, -0.25) is 0 Å². The van der Waals surface area contributed by atoms with Crippen LogP contribution in [0.3, 0.4) is 0 Å². The van der Waals surface area contributed by atoms with E-state index in [9.17, 15) is 21.6 Å². The summed E-state index contributed by atoms with van der Waals surface area (Å²) < 4.78 is 72.5. The normalized spacial score (nSPS) is 19.1. The van der Waals surface area contributed by atoms with Crippen molar-refractivity contribution >= 4 is 21.3 Å². The molecule has 1 atom stereocenters. The van der Waals surface area contributed by atoms with Crippen molar-refractivity contribution in [3.05, 3.63) is 72.9 Å². The van der Waals surface area contributed by atoms with Gasteiger partial charge in [0.1, 0.15) is 11.6 Å². The van der Waals surface area contributed by atoms with E-state index in [4.69, 9.17) is 4.74 Å². The van der Waals surface area contributed by atoms with Crippen LogP contribution in [0.15, 0.2) is 82.7 Å². The van der Waals surface area contributed by atoms with Gasteiger partial charge in [-0.25, -0.2) is 13.4 Å². The average molecular weight is 434 g/mol. The van der Waals surface area contributed by atoms with Crippen molar-refractivity contribution in [2.75, 3.05) is 11.4 Å². The fourth-order valence-electron chi connectivity index (χ4n) is 3.22. The van der Waals surface area contributed by atoms with Crippen LogP contribution in [0.2, 0.25) is 0 Å². The third-order valence-electron chi connectivity index (χ3n) is 4.91. The van der Waals surface area contributed by atoms with Gasteiger partial charge < -0.3 is 9.64 Å². The lowest BCUT2D eigenvalue weighted by Gasteiger charge is -2.43. The molecule has 2 heterocycles. The summed E-state index contributed by atoms with van der Waals surface area (Å²) in [6.07, 6.45) is -3.19. The highest BCUT2D eigenvalue weighted by Crippen LogP contribution is 2.47. The molecule has 1 aliphatic heterocycles. The summed E-state index contributed by atoms with van der Waals surface area (Å²) in [5.74, 6) is 0.186. The lowest BCUT2D eigenvalue weighted by molar-refractivity contribution is -0.239. The van der Waals surface area contributed by atoms with Gasteiger partial charge in [0, 0.05) is 6.20 Å². The molecule has 5 nitrogen and oxygen atoms in total. The monoisotopic (exact) mass is 434 g/mol. The number of halogens is 3. The van der Waals surface area contributed by atoms with E-state index in [1.807, 2.05) is 0 Å². The molecule has 0 unspecified atom stereocenters. The highest BCUT2D eigenvalue weighted by molar-refractivity contribution is 7.91. The first-order valence-electron chi connectivity index (χ1n) is 9.00. The van der Waals surface area contributed by atoms with Crippen molar-refractivity contribution in [1.29, 1.82) is 0 Å². The lowest BCUT2D eigenvalue weighted by atomic mass is 10.0. The first-order valence-corrected chi connectivity index (χ1v) is 10.5. The first kappa shape index (κ1) is 20.2. The zero-order valence-electron chi connectivity index (χ0n) is 15.8. The van der Waals surface area contributed by atoms with Crippen LogP contribution in [-0.4, -0.2) is 31.7 Å². The van der Waals surface area contributed by atoms with Gasteiger partial charge in [0.2, 0.25) is 15.4 Å². The smallest absolute Gasteiger partial charge is 0.429 e. The standard InChI is InChI=1S/C21H17F3N2O3S/c1-20(21(22,23)24)14-26(19-9-5-6-12-25-19)17-13-16(10-11-18(17)29-20)30(27,28)15-7-3-2-4-8-15/h2-13H,14H2,1H3/t20-/m1/s1. The Balaban J connectivity index is 1.87. The van der Waals surface area contributed by atoms with Gasteiger partial charge in [0.25, 0.3) is 0 Å². The fraction of sp³-hybridized carbons (Fsp3) is 0.190. The number of alkyl halides is 3. The summed E-state index contributed by atoms with van der Waals surface area (Å²) in [7, 11) is -3.86. The van der Waals surface area contributed by atoms with E-state index >= 15 is 0 Å². The maximum atomic E-state index is 13.7. The van der Waals surface area contributed by atoms with E-state index in [1.54, 1.807) is 36.4 Å². The highest BCUT2D eigenvalue weighted by atomic mass is 32.2. The molecule has 9 heteroatoms.